The van der Waals surface area contributed by atoms with Crippen molar-refractivity contribution in [3.8, 4) is 17.5 Å². The fourth-order valence-electron chi connectivity index (χ4n) is 3.41. The molecule has 0 spiro atoms. The van der Waals surface area contributed by atoms with Gasteiger partial charge in [-0.25, -0.2) is 4.98 Å². The van der Waals surface area contributed by atoms with E-state index in [1.807, 2.05) is 0 Å². The Morgan fingerprint density at radius 1 is 1.12 bits per heavy atom. The van der Waals surface area contributed by atoms with Gasteiger partial charge in [0.1, 0.15) is 11.7 Å². The molecule has 2 aromatic rings. The molecular weight excluding hydrogens is 446 g/mol. The van der Waals surface area contributed by atoms with Gasteiger partial charge in [0.2, 0.25) is 11.5 Å². The maximum atomic E-state index is 13.7. The SMILES string of the molecule is CC(C)C1CCCCC[C@](O)(C(F)(F)F)c2nnc(o2)-c2nc(c(C(F)(F)F)cc2N)O1. The number of rotatable bonds is 1. The highest BCUT2D eigenvalue weighted by Gasteiger charge is 2.58. The fraction of sp³-hybridized carbons (Fsp3) is 0.632. The van der Waals surface area contributed by atoms with E-state index < -0.39 is 65.1 Å². The highest BCUT2D eigenvalue weighted by atomic mass is 19.4. The second kappa shape index (κ2) is 8.41. The predicted octanol–water partition coefficient (Wildman–Crippen LogP) is 4.85. The number of ether oxygens (including phenoxy) is 1. The smallest absolute Gasteiger partial charge is 0.426 e. The molecule has 4 bridgehead atoms. The Kier molecular flexibility index (Phi) is 6.33. The molecule has 0 amide bonds. The zero-order chi connectivity index (χ0) is 23.9. The standard InChI is InChI=1S/C19H22F6N4O3/c1-9(2)12-6-4-3-5-7-17(30,19(23,24)25)16-29-28-15(32-16)13-11(26)8-10(18(20,21)22)14(27-13)31-12/h8-9,12,30H,3-7,26H2,1-2H3/t12?,17-/m1/s1. The van der Waals surface area contributed by atoms with Crippen LogP contribution in [0.5, 0.6) is 5.88 Å². The van der Waals surface area contributed by atoms with Gasteiger partial charge in [-0.1, -0.05) is 20.3 Å². The maximum absolute atomic E-state index is 13.7. The van der Waals surface area contributed by atoms with Gasteiger partial charge in [0.15, 0.2) is 5.69 Å². The Balaban J connectivity index is 2.19. The van der Waals surface area contributed by atoms with E-state index in [1.165, 1.54) is 0 Å². The minimum atomic E-state index is -5.12. The van der Waals surface area contributed by atoms with Crippen LogP contribution < -0.4 is 10.5 Å². The summed E-state index contributed by atoms with van der Waals surface area (Å²) in [6.07, 6.45) is -10.5. The van der Waals surface area contributed by atoms with E-state index in [0.717, 1.165) is 0 Å². The highest BCUT2D eigenvalue weighted by molar-refractivity contribution is 5.68. The Hall–Kier alpha value is -2.57. The molecule has 1 unspecified atom stereocenters. The van der Waals surface area contributed by atoms with E-state index >= 15 is 0 Å². The third kappa shape index (κ3) is 4.62. The summed E-state index contributed by atoms with van der Waals surface area (Å²) in [5.41, 5.74) is 0.00704. The molecule has 2 atom stereocenters. The number of anilines is 1. The second-order valence-electron chi connectivity index (χ2n) is 8.05. The first-order valence-corrected chi connectivity index (χ1v) is 9.92. The topological polar surface area (TPSA) is 107 Å². The van der Waals surface area contributed by atoms with Crippen LogP contribution >= 0.6 is 0 Å². The van der Waals surface area contributed by atoms with Crippen molar-refractivity contribution < 1.29 is 40.6 Å². The lowest BCUT2D eigenvalue weighted by Crippen LogP contribution is -2.42. The molecule has 3 rings (SSSR count). The molecule has 13 heteroatoms. The lowest BCUT2D eigenvalue weighted by atomic mass is 9.93. The molecule has 2 aromatic heterocycles. The van der Waals surface area contributed by atoms with E-state index in [2.05, 4.69) is 15.2 Å². The molecule has 7 nitrogen and oxygen atoms in total. The van der Waals surface area contributed by atoms with Crippen molar-refractivity contribution in [3.63, 3.8) is 0 Å². The van der Waals surface area contributed by atoms with Gasteiger partial charge >= 0.3 is 12.4 Å². The Bertz CT molecular complexity index is 960. The molecule has 0 saturated carbocycles. The lowest BCUT2D eigenvalue weighted by molar-refractivity contribution is -0.277. The van der Waals surface area contributed by atoms with E-state index in [4.69, 9.17) is 14.9 Å². The number of hydrogen-bond acceptors (Lipinski definition) is 7. The van der Waals surface area contributed by atoms with Crippen molar-refractivity contribution in [1.82, 2.24) is 15.2 Å². The van der Waals surface area contributed by atoms with Crippen LogP contribution in [0.25, 0.3) is 11.6 Å². The molecule has 178 valence electrons. The molecule has 1 aliphatic heterocycles. The number of alkyl halides is 6. The van der Waals surface area contributed by atoms with Gasteiger partial charge < -0.3 is 20.0 Å². The molecule has 0 aromatic carbocycles. The summed E-state index contributed by atoms with van der Waals surface area (Å²) in [4.78, 5) is 3.79. The monoisotopic (exact) mass is 468 g/mol. The van der Waals surface area contributed by atoms with Gasteiger partial charge in [-0.15, -0.1) is 10.2 Å². The van der Waals surface area contributed by atoms with E-state index in [0.29, 0.717) is 12.5 Å². The largest absolute Gasteiger partial charge is 0.474 e. The number of halogens is 6. The number of aliphatic hydroxyl groups is 1. The van der Waals surface area contributed by atoms with Gasteiger partial charge in [0.05, 0.1) is 5.69 Å². The number of aromatic nitrogens is 3. The molecule has 3 N–H and O–H groups in total. The van der Waals surface area contributed by atoms with Crippen molar-refractivity contribution in [2.24, 2.45) is 5.92 Å². The van der Waals surface area contributed by atoms with Gasteiger partial charge in [-0.05, 0) is 37.7 Å². The molecule has 0 radical (unpaired) electrons. The van der Waals surface area contributed by atoms with Crippen LogP contribution in [0, 0.1) is 5.92 Å². The highest BCUT2D eigenvalue weighted by Crippen LogP contribution is 2.44. The molecule has 0 saturated heterocycles. The van der Waals surface area contributed by atoms with E-state index in [9.17, 15) is 31.4 Å². The first-order valence-electron chi connectivity index (χ1n) is 9.92. The van der Waals surface area contributed by atoms with Crippen molar-refractivity contribution in [2.45, 2.75) is 70.0 Å². The number of hydrogen-bond donors (Lipinski definition) is 2. The minimum Gasteiger partial charge on any atom is -0.474 e. The first kappa shape index (κ1) is 24.1. The second-order valence-corrected chi connectivity index (χ2v) is 8.05. The van der Waals surface area contributed by atoms with Crippen molar-refractivity contribution in [1.29, 1.82) is 0 Å². The van der Waals surface area contributed by atoms with Gasteiger partial charge in [0.25, 0.3) is 11.8 Å². The zero-order valence-corrected chi connectivity index (χ0v) is 17.2. The summed E-state index contributed by atoms with van der Waals surface area (Å²) in [6.45, 7) is 3.48. The number of pyridine rings is 1. The van der Waals surface area contributed by atoms with Crippen molar-refractivity contribution in [3.05, 3.63) is 17.5 Å². The van der Waals surface area contributed by atoms with Crippen LogP contribution in [0.2, 0.25) is 0 Å². The summed E-state index contributed by atoms with van der Waals surface area (Å²) in [6, 6.07) is 0.556. The Morgan fingerprint density at radius 3 is 2.41 bits per heavy atom. The fourth-order valence-corrected chi connectivity index (χ4v) is 3.41. The van der Waals surface area contributed by atoms with Crippen LogP contribution in [0.3, 0.4) is 0 Å². The van der Waals surface area contributed by atoms with Crippen molar-refractivity contribution >= 4 is 5.69 Å². The predicted molar refractivity (Wildman–Crippen MR) is 99.2 cm³/mol. The summed E-state index contributed by atoms with van der Waals surface area (Å²) in [7, 11) is 0. The number of fused-ring (bicyclic) bond motifs is 5. The van der Waals surface area contributed by atoms with Gasteiger partial charge in [-0.2, -0.15) is 26.3 Å². The molecule has 0 fully saturated rings. The third-order valence-electron chi connectivity index (χ3n) is 5.31. The lowest BCUT2D eigenvalue weighted by Gasteiger charge is -2.27. The third-order valence-corrected chi connectivity index (χ3v) is 5.31. The summed E-state index contributed by atoms with van der Waals surface area (Å²) in [5, 5.41) is 17.1. The summed E-state index contributed by atoms with van der Waals surface area (Å²) < 4.78 is 92.3. The van der Waals surface area contributed by atoms with E-state index in [-0.39, 0.29) is 25.2 Å². The Labute approximate surface area is 179 Å². The molecule has 3 heterocycles. The maximum Gasteiger partial charge on any atom is 0.426 e. The van der Waals surface area contributed by atoms with Crippen LogP contribution in [0.4, 0.5) is 32.0 Å². The van der Waals surface area contributed by atoms with E-state index in [1.54, 1.807) is 13.8 Å². The van der Waals surface area contributed by atoms with Crippen LogP contribution in [0.15, 0.2) is 10.5 Å². The number of nitrogen functional groups attached to an aromatic ring is 1. The zero-order valence-electron chi connectivity index (χ0n) is 17.2. The van der Waals surface area contributed by atoms with Gasteiger partial charge in [0, 0.05) is 0 Å². The van der Waals surface area contributed by atoms with Crippen LogP contribution in [0.1, 0.15) is 57.4 Å². The molecule has 32 heavy (non-hydrogen) atoms. The quantitative estimate of drug-likeness (QED) is 0.576. The van der Waals surface area contributed by atoms with Gasteiger partial charge in [-0.3, -0.25) is 0 Å². The van der Waals surface area contributed by atoms with Crippen LogP contribution in [-0.4, -0.2) is 32.6 Å². The molecular formula is C19H22F6N4O3. The number of nitrogens with zero attached hydrogens (tertiary/aromatic N) is 3. The molecule has 0 aliphatic carbocycles. The first-order chi connectivity index (χ1) is 14.7. The molecule has 1 aliphatic rings. The number of nitrogens with two attached hydrogens (primary N) is 1. The van der Waals surface area contributed by atoms with Crippen LogP contribution in [-0.2, 0) is 11.8 Å². The average molecular weight is 468 g/mol. The summed E-state index contributed by atoms with van der Waals surface area (Å²) >= 11 is 0. The Morgan fingerprint density at radius 2 is 1.81 bits per heavy atom. The average Bonchev–Trinajstić information content (AvgIpc) is 3.15. The normalized spacial score (nSPS) is 23.0. The minimum absolute atomic E-state index is 0.0436. The van der Waals surface area contributed by atoms with Crippen molar-refractivity contribution in [2.75, 3.05) is 5.73 Å². The summed E-state index contributed by atoms with van der Waals surface area (Å²) in [5.74, 6) is -2.81.